The number of halogens is 5. The van der Waals surface area contributed by atoms with Gasteiger partial charge in [-0.15, -0.1) is 0 Å². The molecule has 1 aliphatic carbocycles. The van der Waals surface area contributed by atoms with E-state index in [1.54, 1.807) is 5.32 Å². The second-order valence-electron chi connectivity index (χ2n) is 7.71. The lowest BCUT2D eigenvalue weighted by molar-refractivity contribution is -0.175. The first-order valence-corrected chi connectivity index (χ1v) is 9.90. The van der Waals surface area contributed by atoms with E-state index in [0.29, 0.717) is 0 Å². The van der Waals surface area contributed by atoms with Gasteiger partial charge in [-0.3, -0.25) is 14.4 Å². The van der Waals surface area contributed by atoms with Gasteiger partial charge in [0.15, 0.2) is 0 Å². The SMILES string of the molecule is CNC(=O)c1c(F)cccc1-c1ccc([C@@H](C)NC(=O)C2(NC(=O)C(F)(F)F)CC2)c(F)c1. The van der Waals surface area contributed by atoms with Crippen LogP contribution in [0, 0.1) is 11.6 Å². The van der Waals surface area contributed by atoms with E-state index in [0.717, 1.165) is 12.1 Å². The molecule has 3 amide bonds. The number of nitrogens with one attached hydrogen (secondary N) is 3. The summed E-state index contributed by atoms with van der Waals surface area (Å²) in [6, 6.07) is 6.79. The zero-order chi connectivity index (χ0) is 24.6. The Bertz CT molecular complexity index is 1110. The molecule has 1 saturated carbocycles. The molecule has 2 aromatic carbocycles. The third kappa shape index (κ3) is 4.96. The first-order valence-electron chi connectivity index (χ1n) is 9.90. The third-order valence-electron chi connectivity index (χ3n) is 5.39. The lowest BCUT2D eigenvalue weighted by Gasteiger charge is -2.22. The van der Waals surface area contributed by atoms with E-state index in [4.69, 9.17) is 0 Å². The topological polar surface area (TPSA) is 87.3 Å². The summed E-state index contributed by atoms with van der Waals surface area (Å²) < 4.78 is 66.6. The lowest BCUT2D eigenvalue weighted by Crippen LogP contribution is -2.53. The molecular weight excluding hydrogens is 449 g/mol. The van der Waals surface area contributed by atoms with Gasteiger partial charge in [0.2, 0.25) is 5.91 Å². The average molecular weight is 469 g/mol. The Kier molecular flexibility index (Phi) is 6.44. The van der Waals surface area contributed by atoms with Crippen LogP contribution in [-0.2, 0) is 9.59 Å². The van der Waals surface area contributed by atoms with Gasteiger partial charge in [-0.25, -0.2) is 8.78 Å². The van der Waals surface area contributed by atoms with E-state index in [1.165, 1.54) is 38.2 Å². The number of hydrogen-bond donors (Lipinski definition) is 3. The second-order valence-corrected chi connectivity index (χ2v) is 7.71. The quantitative estimate of drug-likeness (QED) is 0.567. The highest BCUT2D eigenvalue weighted by atomic mass is 19.4. The second kappa shape index (κ2) is 8.80. The number of alkyl halides is 3. The Morgan fingerprint density at radius 1 is 1.03 bits per heavy atom. The molecule has 2 aromatic rings. The molecule has 0 heterocycles. The summed E-state index contributed by atoms with van der Waals surface area (Å²) in [6.07, 6.45) is -5.08. The molecule has 1 fully saturated rings. The Morgan fingerprint density at radius 2 is 1.70 bits per heavy atom. The number of rotatable bonds is 6. The summed E-state index contributed by atoms with van der Waals surface area (Å²) in [6.45, 7) is 1.43. The molecular formula is C22H20F5N3O3. The van der Waals surface area contributed by atoms with E-state index < -0.39 is 47.1 Å². The minimum atomic E-state index is -5.13. The lowest BCUT2D eigenvalue weighted by atomic mass is 9.96. The van der Waals surface area contributed by atoms with Crippen LogP contribution in [0.3, 0.4) is 0 Å². The van der Waals surface area contributed by atoms with Gasteiger partial charge in [-0.1, -0.05) is 24.3 Å². The molecule has 1 aliphatic rings. The van der Waals surface area contributed by atoms with Gasteiger partial charge in [0.05, 0.1) is 11.6 Å². The maximum absolute atomic E-state index is 14.9. The summed E-state index contributed by atoms with van der Waals surface area (Å²) in [5.41, 5.74) is -1.55. The highest BCUT2D eigenvalue weighted by Crippen LogP contribution is 2.37. The first kappa shape index (κ1) is 24.1. The van der Waals surface area contributed by atoms with Gasteiger partial charge in [-0.05, 0) is 43.0 Å². The molecule has 0 radical (unpaired) electrons. The van der Waals surface area contributed by atoms with Crippen molar-refractivity contribution in [2.75, 3.05) is 7.05 Å². The van der Waals surface area contributed by atoms with E-state index in [-0.39, 0.29) is 35.1 Å². The van der Waals surface area contributed by atoms with Gasteiger partial charge in [-0.2, -0.15) is 13.2 Å². The summed E-state index contributed by atoms with van der Waals surface area (Å²) in [4.78, 5) is 35.7. The minimum Gasteiger partial charge on any atom is -0.355 e. The summed E-state index contributed by atoms with van der Waals surface area (Å²) in [5.74, 6) is -5.34. The van der Waals surface area contributed by atoms with Crippen molar-refractivity contribution in [3.8, 4) is 11.1 Å². The molecule has 176 valence electrons. The highest BCUT2D eigenvalue weighted by Gasteiger charge is 2.55. The van der Waals surface area contributed by atoms with Crippen LogP contribution in [0.4, 0.5) is 22.0 Å². The molecule has 0 saturated heterocycles. The fourth-order valence-electron chi connectivity index (χ4n) is 3.40. The molecule has 0 bridgehead atoms. The number of hydrogen-bond acceptors (Lipinski definition) is 3. The van der Waals surface area contributed by atoms with Crippen LogP contribution in [0.25, 0.3) is 11.1 Å². The van der Waals surface area contributed by atoms with Crippen LogP contribution in [0.15, 0.2) is 36.4 Å². The maximum Gasteiger partial charge on any atom is 0.471 e. The molecule has 3 rings (SSSR count). The van der Waals surface area contributed by atoms with Crippen molar-refractivity contribution >= 4 is 17.7 Å². The van der Waals surface area contributed by atoms with E-state index >= 15 is 0 Å². The van der Waals surface area contributed by atoms with Gasteiger partial charge >= 0.3 is 12.1 Å². The van der Waals surface area contributed by atoms with Crippen LogP contribution in [0.2, 0.25) is 0 Å². The normalized spacial score (nSPS) is 15.4. The van der Waals surface area contributed by atoms with Crippen molar-refractivity contribution < 1.29 is 36.3 Å². The molecule has 6 nitrogen and oxygen atoms in total. The summed E-state index contributed by atoms with van der Waals surface area (Å²) >= 11 is 0. The largest absolute Gasteiger partial charge is 0.471 e. The van der Waals surface area contributed by atoms with Gasteiger partial charge in [0, 0.05) is 12.6 Å². The van der Waals surface area contributed by atoms with Crippen molar-refractivity contribution in [3.63, 3.8) is 0 Å². The number of carbonyl (C=O) groups excluding carboxylic acids is 3. The molecule has 11 heteroatoms. The molecule has 3 N–H and O–H groups in total. The minimum absolute atomic E-state index is 0.0166. The van der Waals surface area contributed by atoms with Gasteiger partial charge in [0.25, 0.3) is 5.91 Å². The zero-order valence-corrected chi connectivity index (χ0v) is 17.6. The van der Waals surface area contributed by atoms with Crippen molar-refractivity contribution in [2.45, 2.75) is 37.5 Å². The van der Waals surface area contributed by atoms with Crippen LogP contribution >= 0.6 is 0 Å². The fraction of sp³-hybridized carbons (Fsp3) is 0.318. The van der Waals surface area contributed by atoms with Crippen LogP contribution in [0.1, 0.15) is 41.7 Å². The first-order chi connectivity index (χ1) is 15.4. The summed E-state index contributed by atoms with van der Waals surface area (Å²) in [7, 11) is 1.33. The number of amides is 3. The molecule has 0 spiro atoms. The highest BCUT2D eigenvalue weighted by molar-refractivity contribution is 6.01. The smallest absolute Gasteiger partial charge is 0.355 e. The maximum atomic E-state index is 14.9. The zero-order valence-electron chi connectivity index (χ0n) is 17.6. The van der Waals surface area contributed by atoms with Crippen LogP contribution in [-0.4, -0.2) is 36.5 Å². The Hall–Kier alpha value is -3.50. The number of carbonyl (C=O) groups is 3. The fourth-order valence-corrected chi connectivity index (χ4v) is 3.40. The predicted octanol–water partition coefficient (Wildman–Crippen LogP) is 3.38. The molecule has 0 aliphatic heterocycles. The van der Waals surface area contributed by atoms with Gasteiger partial charge in [0.1, 0.15) is 17.2 Å². The molecule has 1 atom stereocenters. The monoisotopic (exact) mass is 469 g/mol. The van der Waals surface area contributed by atoms with Crippen molar-refractivity contribution in [1.29, 1.82) is 0 Å². The predicted molar refractivity (Wildman–Crippen MR) is 108 cm³/mol. The Morgan fingerprint density at radius 3 is 2.24 bits per heavy atom. The van der Waals surface area contributed by atoms with Crippen LogP contribution in [0.5, 0.6) is 0 Å². The Labute approximate surface area is 185 Å². The van der Waals surface area contributed by atoms with Crippen molar-refractivity contribution in [2.24, 2.45) is 0 Å². The van der Waals surface area contributed by atoms with E-state index in [9.17, 15) is 36.3 Å². The molecule has 0 unspecified atom stereocenters. The van der Waals surface area contributed by atoms with Crippen molar-refractivity contribution in [1.82, 2.24) is 16.0 Å². The van der Waals surface area contributed by atoms with Crippen molar-refractivity contribution in [3.05, 3.63) is 59.2 Å². The Balaban J connectivity index is 1.80. The summed E-state index contributed by atoms with van der Waals surface area (Å²) in [5, 5.41) is 6.43. The average Bonchev–Trinajstić information content (AvgIpc) is 3.52. The standard InChI is InChI=1S/C22H20F5N3O3/c1-11(29-19(32)21(8-9-21)30-20(33)22(25,26)27)13-7-6-12(10-16(13)24)14-4-3-5-15(23)17(14)18(31)28-2/h3-7,10-11H,8-9H2,1-2H3,(H,28,31)(H,29,32)(H,30,33)/t11-/m1/s1. The van der Waals surface area contributed by atoms with E-state index in [1.807, 2.05) is 0 Å². The van der Waals surface area contributed by atoms with Crippen LogP contribution < -0.4 is 16.0 Å². The molecule has 0 aromatic heterocycles. The molecule has 33 heavy (non-hydrogen) atoms. The number of benzene rings is 2. The van der Waals surface area contributed by atoms with E-state index in [2.05, 4.69) is 10.6 Å². The third-order valence-corrected chi connectivity index (χ3v) is 5.39. The van der Waals surface area contributed by atoms with Gasteiger partial charge < -0.3 is 16.0 Å².